The van der Waals surface area contributed by atoms with Gasteiger partial charge in [0.15, 0.2) is 0 Å². The highest BCUT2D eigenvalue weighted by Gasteiger charge is 2.15. The van der Waals surface area contributed by atoms with Crippen molar-refractivity contribution >= 4 is 29.4 Å². The zero-order valence-electron chi connectivity index (χ0n) is 11.8. The number of benzene rings is 1. The van der Waals surface area contributed by atoms with E-state index in [2.05, 4.69) is 10.6 Å². The molecule has 1 heterocycles. The molecule has 5 nitrogen and oxygen atoms in total. The maximum Gasteiger partial charge on any atom is 0.319 e. The van der Waals surface area contributed by atoms with Crippen LogP contribution in [0.25, 0.3) is 0 Å². The summed E-state index contributed by atoms with van der Waals surface area (Å²) in [7, 11) is 0. The molecule has 1 aliphatic rings. The Labute approximate surface area is 128 Å². The smallest absolute Gasteiger partial charge is 0.319 e. The summed E-state index contributed by atoms with van der Waals surface area (Å²) in [6.07, 6.45) is 2.80. The lowest BCUT2D eigenvalue weighted by molar-refractivity contribution is -0.136. The Kier molecular flexibility index (Phi) is 5.92. The largest absolute Gasteiger partial charge is 0.481 e. The van der Waals surface area contributed by atoms with Crippen molar-refractivity contribution in [2.24, 2.45) is 0 Å². The average Bonchev–Trinajstić information content (AvgIpc) is 2.47. The molecule has 2 rings (SSSR count). The molecule has 0 spiro atoms. The maximum atomic E-state index is 11.9. The number of urea groups is 1. The Morgan fingerprint density at radius 1 is 1.29 bits per heavy atom. The molecule has 0 saturated carbocycles. The first-order valence-electron chi connectivity index (χ1n) is 7.09. The number of aryl methyl sites for hydroxylation is 1. The van der Waals surface area contributed by atoms with Crippen LogP contribution in [0.1, 0.15) is 24.8 Å². The first-order chi connectivity index (χ1) is 10.1. The summed E-state index contributed by atoms with van der Waals surface area (Å²) in [6.45, 7) is 0. The second-order valence-corrected chi connectivity index (χ2v) is 6.25. The van der Waals surface area contributed by atoms with Crippen LogP contribution in [0, 0.1) is 0 Å². The van der Waals surface area contributed by atoms with Crippen molar-refractivity contribution in [1.29, 1.82) is 0 Å². The van der Waals surface area contributed by atoms with Crippen molar-refractivity contribution < 1.29 is 14.7 Å². The molecule has 0 radical (unpaired) electrons. The fourth-order valence-corrected chi connectivity index (χ4v) is 3.29. The Morgan fingerprint density at radius 2 is 2.05 bits per heavy atom. The number of thioether (sulfide) groups is 1. The number of carbonyl (C=O) groups excluding carboxylic acids is 1. The van der Waals surface area contributed by atoms with Crippen LogP contribution in [0.4, 0.5) is 10.5 Å². The molecule has 114 valence electrons. The molecule has 1 aromatic carbocycles. The Hall–Kier alpha value is -1.69. The van der Waals surface area contributed by atoms with E-state index < -0.39 is 5.97 Å². The number of amides is 2. The molecule has 1 unspecified atom stereocenters. The number of rotatable bonds is 5. The minimum Gasteiger partial charge on any atom is -0.481 e. The Morgan fingerprint density at radius 3 is 2.67 bits per heavy atom. The normalized spacial score (nSPS) is 18.0. The van der Waals surface area contributed by atoms with Gasteiger partial charge in [0.05, 0.1) is 0 Å². The van der Waals surface area contributed by atoms with E-state index in [4.69, 9.17) is 5.11 Å². The molecule has 2 amide bonds. The summed E-state index contributed by atoms with van der Waals surface area (Å²) in [6, 6.07) is 7.35. The fourth-order valence-electron chi connectivity index (χ4n) is 2.21. The Bertz CT molecular complexity index is 484. The van der Waals surface area contributed by atoms with Gasteiger partial charge in [0.25, 0.3) is 0 Å². The Balaban J connectivity index is 1.79. The van der Waals surface area contributed by atoms with Gasteiger partial charge >= 0.3 is 12.0 Å². The van der Waals surface area contributed by atoms with Gasteiger partial charge in [-0.05, 0) is 42.7 Å². The highest BCUT2D eigenvalue weighted by molar-refractivity contribution is 7.99. The molecule has 6 heteroatoms. The van der Waals surface area contributed by atoms with Gasteiger partial charge in [-0.2, -0.15) is 11.8 Å². The van der Waals surface area contributed by atoms with Crippen LogP contribution in [-0.4, -0.2) is 34.7 Å². The van der Waals surface area contributed by atoms with E-state index in [9.17, 15) is 9.59 Å². The molecular weight excluding hydrogens is 288 g/mol. The van der Waals surface area contributed by atoms with E-state index in [0.29, 0.717) is 6.42 Å². The van der Waals surface area contributed by atoms with Gasteiger partial charge in [0.2, 0.25) is 0 Å². The fraction of sp³-hybridized carbons (Fsp3) is 0.467. The van der Waals surface area contributed by atoms with E-state index >= 15 is 0 Å². The summed E-state index contributed by atoms with van der Waals surface area (Å²) in [5.74, 6) is 1.35. The molecule has 1 saturated heterocycles. The number of hydrogen-bond acceptors (Lipinski definition) is 3. The molecule has 1 atom stereocenters. The molecule has 21 heavy (non-hydrogen) atoms. The van der Waals surface area contributed by atoms with Gasteiger partial charge in [0.1, 0.15) is 0 Å². The van der Waals surface area contributed by atoms with Crippen LogP contribution in [0.15, 0.2) is 24.3 Å². The standard InChI is InChI=1S/C15H20N2O3S/c18-14(19)8-5-11-3-6-12(7-4-11)16-15(20)17-13-2-1-9-21-10-13/h3-4,6-7,13H,1-2,5,8-10H2,(H,18,19)(H2,16,17,20). The van der Waals surface area contributed by atoms with E-state index in [1.807, 2.05) is 23.9 Å². The van der Waals surface area contributed by atoms with Crippen LogP contribution < -0.4 is 10.6 Å². The van der Waals surface area contributed by atoms with Gasteiger partial charge in [-0.3, -0.25) is 4.79 Å². The molecule has 1 fully saturated rings. The van der Waals surface area contributed by atoms with Crippen LogP contribution in [0.3, 0.4) is 0 Å². The summed E-state index contributed by atoms with van der Waals surface area (Å²) in [5.41, 5.74) is 1.67. The lowest BCUT2D eigenvalue weighted by Crippen LogP contribution is -2.40. The molecular formula is C15H20N2O3S. The minimum absolute atomic E-state index is 0.118. The number of carboxylic acid groups (broad SMARTS) is 1. The minimum atomic E-state index is -0.804. The summed E-state index contributed by atoms with van der Waals surface area (Å²) in [5, 5.41) is 14.4. The lowest BCUT2D eigenvalue weighted by atomic mass is 10.1. The van der Waals surface area contributed by atoms with Gasteiger partial charge in [-0.25, -0.2) is 4.79 Å². The first-order valence-corrected chi connectivity index (χ1v) is 8.25. The summed E-state index contributed by atoms with van der Waals surface area (Å²) >= 11 is 1.87. The van der Waals surface area contributed by atoms with Crippen molar-refractivity contribution in [2.45, 2.75) is 31.7 Å². The monoisotopic (exact) mass is 308 g/mol. The maximum absolute atomic E-state index is 11.9. The van der Waals surface area contributed by atoms with E-state index in [1.165, 1.54) is 5.75 Å². The molecule has 1 aromatic rings. The molecule has 3 N–H and O–H groups in total. The van der Waals surface area contributed by atoms with Crippen LogP contribution in [0.5, 0.6) is 0 Å². The van der Waals surface area contributed by atoms with Gasteiger partial charge in [-0.15, -0.1) is 0 Å². The number of nitrogens with one attached hydrogen (secondary N) is 2. The molecule has 1 aliphatic heterocycles. The van der Waals surface area contributed by atoms with E-state index in [-0.39, 0.29) is 18.5 Å². The highest BCUT2D eigenvalue weighted by Crippen LogP contribution is 2.17. The van der Waals surface area contributed by atoms with Crippen molar-refractivity contribution in [2.75, 3.05) is 16.8 Å². The summed E-state index contributed by atoms with van der Waals surface area (Å²) < 4.78 is 0. The number of hydrogen-bond donors (Lipinski definition) is 3. The van der Waals surface area contributed by atoms with Crippen LogP contribution in [0.2, 0.25) is 0 Å². The third-order valence-corrected chi connectivity index (χ3v) is 4.55. The van der Waals surface area contributed by atoms with Crippen molar-refractivity contribution in [1.82, 2.24) is 5.32 Å². The molecule has 0 bridgehead atoms. The van der Waals surface area contributed by atoms with Crippen molar-refractivity contribution in [3.05, 3.63) is 29.8 Å². The number of aliphatic carboxylic acids is 1. The predicted octanol–water partition coefficient (Wildman–Crippen LogP) is 2.72. The van der Waals surface area contributed by atoms with Gasteiger partial charge in [-0.1, -0.05) is 12.1 Å². The molecule has 0 aromatic heterocycles. The third kappa shape index (κ3) is 5.67. The number of anilines is 1. The summed E-state index contributed by atoms with van der Waals surface area (Å²) in [4.78, 5) is 22.4. The van der Waals surface area contributed by atoms with Gasteiger partial charge < -0.3 is 15.7 Å². The second-order valence-electron chi connectivity index (χ2n) is 5.10. The zero-order valence-corrected chi connectivity index (χ0v) is 12.6. The first kappa shape index (κ1) is 15.7. The van der Waals surface area contributed by atoms with Crippen molar-refractivity contribution in [3.8, 4) is 0 Å². The number of carboxylic acids is 1. The number of carbonyl (C=O) groups is 2. The average molecular weight is 308 g/mol. The van der Waals surface area contributed by atoms with E-state index in [0.717, 1.165) is 29.8 Å². The van der Waals surface area contributed by atoms with Crippen LogP contribution >= 0.6 is 11.8 Å². The van der Waals surface area contributed by atoms with Gasteiger partial charge in [0, 0.05) is 23.9 Å². The quantitative estimate of drug-likeness (QED) is 0.781. The van der Waals surface area contributed by atoms with Crippen LogP contribution in [-0.2, 0) is 11.2 Å². The topological polar surface area (TPSA) is 78.4 Å². The van der Waals surface area contributed by atoms with E-state index in [1.54, 1.807) is 12.1 Å². The highest BCUT2D eigenvalue weighted by atomic mass is 32.2. The van der Waals surface area contributed by atoms with Crippen molar-refractivity contribution in [3.63, 3.8) is 0 Å². The SMILES string of the molecule is O=C(O)CCc1ccc(NC(=O)NC2CCCSC2)cc1. The predicted molar refractivity (Wildman–Crippen MR) is 84.9 cm³/mol. The lowest BCUT2D eigenvalue weighted by Gasteiger charge is -2.22. The zero-order chi connectivity index (χ0) is 15.1. The molecule has 0 aliphatic carbocycles. The third-order valence-electron chi connectivity index (χ3n) is 3.33. The second kappa shape index (κ2) is 7.93.